The van der Waals surface area contributed by atoms with Crippen LogP contribution < -0.4 is 10.6 Å². The molecule has 2 N–H and O–H groups in total. The van der Waals surface area contributed by atoms with Crippen molar-refractivity contribution in [1.82, 2.24) is 14.9 Å². The van der Waals surface area contributed by atoms with Gasteiger partial charge in [-0.3, -0.25) is 4.79 Å². The average Bonchev–Trinajstić information content (AvgIpc) is 3.30. The molecule has 0 atom stereocenters. The minimum Gasteiger partial charge on any atom is -0.397 e. The quantitative estimate of drug-likeness (QED) is 0.645. The predicted molar refractivity (Wildman–Crippen MR) is 102 cm³/mol. The van der Waals surface area contributed by atoms with Crippen LogP contribution in [-0.4, -0.2) is 66.4 Å². The third-order valence-electron chi connectivity index (χ3n) is 4.62. The van der Waals surface area contributed by atoms with Gasteiger partial charge in [0.15, 0.2) is 0 Å². The molecule has 0 aromatic carbocycles. The number of morpholine rings is 1. The van der Waals surface area contributed by atoms with E-state index in [0.29, 0.717) is 29.7 Å². The van der Waals surface area contributed by atoms with E-state index in [-0.39, 0.29) is 5.91 Å². The number of rotatable bonds is 3. The van der Waals surface area contributed by atoms with E-state index in [1.54, 1.807) is 11.8 Å². The van der Waals surface area contributed by atoms with Crippen molar-refractivity contribution in [1.29, 1.82) is 0 Å². The summed E-state index contributed by atoms with van der Waals surface area (Å²) in [5.41, 5.74) is 6.87. The van der Waals surface area contributed by atoms with Gasteiger partial charge in [0.05, 0.1) is 24.3 Å². The predicted octanol–water partition coefficient (Wildman–Crippen LogP) is 2.07. The summed E-state index contributed by atoms with van der Waals surface area (Å²) in [5.74, 6) is 0.722. The van der Waals surface area contributed by atoms with Crippen LogP contribution in [0.5, 0.6) is 0 Å². The summed E-state index contributed by atoms with van der Waals surface area (Å²) in [6.45, 7) is 4.54. The zero-order valence-corrected chi connectivity index (χ0v) is 15.8. The lowest BCUT2D eigenvalue weighted by Crippen LogP contribution is -2.37. The number of hydrogen-bond donors (Lipinski definition) is 1. The third-order valence-corrected chi connectivity index (χ3v) is 6.39. The lowest BCUT2D eigenvalue weighted by molar-refractivity contribution is 0.0798. The number of hydrogen-bond acceptors (Lipinski definition) is 8. The molecule has 0 unspecified atom stereocenters. The van der Waals surface area contributed by atoms with Crippen LogP contribution in [-0.2, 0) is 4.74 Å². The monoisotopic (exact) mass is 379 g/mol. The summed E-state index contributed by atoms with van der Waals surface area (Å²) in [6, 6.07) is 0. The molecular weight excluding hydrogens is 358 g/mol. The fourth-order valence-electron chi connectivity index (χ4n) is 3.25. The number of amides is 1. The summed E-state index contributed by atoms with van der Waals surface area (Å²) in [7, 11) is 0. The average molecular weight is 380 g/mol. The number of ether oxygens (including phenoxy) is 1. The molecule has 0 saturated carbocycles. The van der Waals surface area contributed by atoms with Crippen molar-refractivity contribution in [3.8, 4) is 0 Å². The standard InChI is InChI=1S/C16H21N5O2S2/c1-24-13-10-11(17)12(15(22)20-4-2-3-5-20)25-14(10)19-16(18-13)21-6-8-23-9-7-21/h2-9,17H2,1H3. The number of carbonyl (C=O) groups is 1. The summed E-state index contributed by atoms with van der Waals surface area (Å²) in [4.78, 5) is 27.6. The minimum atomic E-state index is 0.0259. The molecule has 2 aromatic heterocycles. The van der Waals surface area contributed by atoms with Gasteiger partial charge < -0.3 is 20.3 Å². The summed E-state index contributed by atoms with van der Waals surface area (Å²) >= 11 is 2.93. The largest absolute Gasteiger partial charge is 0.397 e. The summed E-state index contributed by atoms with van der Waals surface area (Å²) in [6.07, 6.45) is 4.10. The molecule has 2 fully saturated rings. The van der Waals surface area contributed by atoms with Crippen LogP contribution in [0.1, 0.15) is 22.5 Å². The topological polar surface area (TPSA) is 84.6 Å². The maximum absolute atomic E-state index is 12.8. The van der Waals surface area contributed by atoms with Crippen molar-refractivity contribution in [2.24, 2.45) is 0 Å². The lowest BCUT2D eigenvalue weighted by Gasteiger charge is -2.26. The highest BCUT2D eigenvalue weighted by atomic mass is 32.2. The molecule has 4 rings (SSSR count). The fourth-order valence-corrected chi connectivity index (χ4v) is 4.96. The molecule has 1 amide bonds. The Kier molecular flexibility index (Phi) is 4.70. The molecule has 2 aliphatic heterocycles. The number of nitrogens with two attached hydrogens (primary N) is 1. The van der Waals surface area contributed by atoms with Gasteiger partial charge in [-0.1, -0.05) is 0 Å². The Labute approximate surface area is 154 Å². The Balaban J connectivity index is 1.76. The molecule has 2 aromatic rings. The minimum absolute atomic E-state index is 0.0259. The number of aromatic nitrogens is 2. The molecule has 0 aliphatic carbocycles. The first-order chi connectivity index (χ1) is 12.2. The molecule has 0 radical (unpaired) electrons. The first-order valence-electron chi connectivity index (χ1n) is 8.45. The number of nitrogens with zero attached hydrogens (tertiary/aromatic N) is 4. The van der Waals surface area contributed by atoms with Crippen LogP contribution >= 0.6 is 23.1 Å². The highest BCUT2D eigenvalue weighted by Gasteiger charge is 2.27. The molecule has 134 valence electrons. The van der Waals surface area contributed by atoms with Crippen LogP contribution in [0.25, 0.3) is 10.2 Å². The Hall–Kier alpha value is -1.58. The van der Waals surface area contributed by atoms with Crippen molar-refractivity contribution in [2.45, 2.75) is 17.9 Å². The van der Waals surface area contributed by atoms with Crippen molar-refractivity contribution < 1.29 is 9.53 Å². The first-order valence-corrected chi connectivity index (χ1v) is 10.5. The van der Waals surface area contributed by atoms with Gasteiger partial charge in [-0.15, -0.1) is 23.1 Å². The number of fused-ring (bicyclic) bond motifs is 1. The number of nitrogen functional groups attached to an aromatic ring is 1. The zero-order chi connectivity index (χ0) is 17.4. The van der Waals surface area contributed by atoms with E-state index in [0.717, 1.165) is 54.3 Å². The van der Waals surface area contributed by atoms with E-state index in [1.165, 1.54) is 11.3 Å². The first kappa shape index (κ1) is 16.9. The van der Waals surface area contributed by atoms with Crippen molar-refractivity contribution in [2.75, 3.05) is 56.3 Å². The van der Waals surface area contributed by atoms with Gasteiger partial charge in [-0.2, -0.15) is 0 Å². The van der Waals surface area contributed by atoms with Crippen molar-refractivity contribution >= 4 is 50.9 Å². The third kappa shape index (κ3) is 3.04. The molecular formula is C16H21N5O2S2. The van der Waals surface area contributed by atoms with Gasteiger partial charge in [0.25, 0.3) is 5.91 Å². The maximum Gasteiger partial charge on any atom is 0.266 e. The molecule has 2 saturated heterocycles. The van der Waals surface area contributed by atoms with E-state index in [1.807, 2.05) is 11.2 Å². The highest BCUT2D eigenvalue weighted by molar-refractivity contribution is 7.98. The SMILES string of the molecule is CSc1nc(N2CCOCC2)nc2sc(C(=O)N3CCCC3)c(N)c12. The molecule has 0 spiro atoms. The number of thiophene rings is 1. The molecule has 2 aliphatic rings. The Morgan fingerprint density at radius 3 is 2.60 bits per heavy atom. The van der Waals surface area contributed by atoms with E-state index in [2.05, 4.69) is 4.90 Å². The van der Waals surface area contributed by atoms with E-state index >= 15 is 0 Å². The van der Waals surface area contributed by atoms with Crippen LogP contribution in [0.3, 0.4) is 0 Å². The van der Waals surface area contributed by atoms with E-state index in [4.69, 9.17) is 20.4 Å². The second-order valence-electron chi connectivity index (χ2n) is 6.16. The normalized spacial score (nSPS) is 18.3. The van der Waals surface area contributed by atoms with Gasteiger partial charge in [0.2, 0.25) is 5.95 Å². The Morgan fingerprint density at radius 2 is 1.92 bits per heavy atom. The van der Waals surface area contributed by atoms with Crippen LogP contribution in [0.4, 0.5) is 11.6 Å². The van der Waals surface area contributed by atoms with E-state index < -0.39 is 0 Å². The van der Waals surface area contributed by atoms with Gasteiger partial charge in [-0.25, -0.2) is 9.97 Å². The molecule has 4 heterocycles. The van der Waals surface area contributed by atoms with Gasteiger partial charge >= 0.3 is 0 Å². The van der Waals surface area contributed by atoms with Crippen molar-refractivity contribution in [3.05, 3.63) is 4.88 Å². The fraction of sp³-hybridized carbons (Fsp3) is 0.562. The second-order valence-corrected chi connectivity index (χ2v) is 7.95. The zero-order valence-electron chi connectivity index (χ0n) is 14.2. The van der Waals surface area contributed by atoms with Crippen LogP contribution in [0, 0.1) is 0 Å². The Morgan fingerprint density at radius 1 is 1.20 bits per heavy atom. The molecule has 0 bridgehead atoms. The molecule has 7 nitrogen and oxygen atoms in total. The van der Waals surface area contributed by atoms with Crippen molar-refractivity contribution in [3.63, 3.8) is 0 Å². The van der Waals surface area contributed by atoms with Gasteiger partial charge in [0, 0.05) is 26.2 Å². The Bertz CT molecular complexity index is 797. The lowest BCUT2D eigenvalue weighted by atomic mass is 10.3. The second kappa shape index (κ2) is 6.97. The van der Waals surface area contributed by atoms with E-state index in [9.17, 15) is 4.79 Å². The number of anilines is 2. The molecule has 25 heavy (non-hydrogen) atoms. The number of likely N-dealkylation sites (tertiary alicyclic amines) is 1. The van der Waals surface area contributed by atoms with Crippen LogP contribution in [0.2, 0.25) is 0 Å². The number of thioether (sulfide) groups is 1. The summed E-state index contributed by atoms with van der Waals surface area (Å²) < 4.78 is 5.41. The van der Waals surface area contributed by atoms with Gasteiger partial charge in [0.1, 0.15) is 14.7 Å². The van der Waals surface area contributed by atoms with Gasteiger partial charge in [-0.05, 0) is 19.1 Å². The van der Waals surface area contributed by atoms with Crippen LogP contribution in [0.15, 0.2) is 5.03 Å². The molecule has 9 heteroatoms. The number of carbonyl (C=O) groups excluding carboxylic acids is 1. The smallest absolute Gasteiger partial charge is 0.266 e. The highest BCUT2D eigenvalue weighted by Crippen LogP contribution is 2.39. The maximum atomic E-state index is 12.8. The summed E-state index contributed by atoms with van der Waals surface area (Å²) in [5, 5.41) is 1.65.